The van der Waals surface area contributed by atoms with Crippen LogP contribution < -0.4 is 4.74 Å². The van der Waals surface area contributed by atoms with Crippen LogP contribution in [0.15, 0.2) is 28.8 Å². The van der Waals surface area contributed by atoms with Gasteiger partial charge in [0.15, 0.2) is 11.5 Å². The molecule has 20 heavy (non-hydrogen) atoms. The minimum absolute atomic E-state index is 0.0459. The van der Waals surface area contributed by atoms with Crippen LogP contribution in [-0.2, 0) is 6.61 Å². The standard InChI is InChI=1S/C15H14N2O3/c18-15(17-7-3-4-8-17)13-11-9-19-12-6-2-1-5-10(12)14(11)20-16-13/h1-2,5-6H,3-4,7-9H2. The predicted octanol–water partition coefficient (Wildman–Crippen LogP) is 2.47. The second-order valence-corrected chi connectivity index (χ2v) is 5.12. The van der Waals surface area contributed by atoms with Crippen molar-refractivity contribution in [1.29, 1.82) is 0 Å². The van der Waals surface area contributed by atoms with Gasteiger partial charge in [0.2, 0.25) is 0 Å². The lowest BCUT2D eigenvalue weighted by molar-refractivity contribution is 0.0780. The zero-order valence-corrected chi connectivity index (χ0v) is 11.0. The van der Waals surface area contributed by atoms with Crippen molar-refractivity contribution >= 4 is 5.91 Å². The number of benzene rings is 1. The number of hydrogen-bond acceptors (Lipinski definition) is 4. The van der Waals surface area contributed by atoms with Crippen LogP contribution >= 0.6 is 0 Å². The summed E-state index contributed by atoms with van der Waals surface area (Å²) in [4.78, 5) is 14.3. The molecule has 3 heterocycles. The Morgan fingerprint density at radius 2 is 2.00 bits per heavy atom. The van der Waals surface area contributed by atoms with Crippen molar-refractivity contribution in [2.45, 2.75) is 19.4 Å². The number of para-hydroxylation sites is 1. The van der Waals surface area contributed by atoms with Crippen molar-refractivity contribution in [2.75, 3.05) is 13.1 Å². The Morgan fingerprint density at radius 3 is 2.85 bits per heavy atom. The van der Waals surface area contributed by atoms with E-state index in [4.69, 9.17) is 9.26 Å². The van der Waals surface area contributed by atoms with Crippen molar-refractivity contribution in [3.05, 3.63) is 35.5 Å². The summed E-state index contributed by atoms with van der Waals surface area (Å²) in [6, 6.07) is 7.64. The molecule has 2 aliphatic rings. The molecule has 1 aromatic carbocycles. The fourth-order valence-corrected chi connectivity index (χ4v) is 2.82. The van der Waals surface area contributed by atoms with Crippen LogP contribution in [0.5, 0.6) is 5.75 Å². The molecule has 5 nitrogen and oxygen atoms in total. The summed E-state index contributed by atoms with van der Waals surface area (Å²) in [6.45, 7) is 1.95. The molecule has 2 aromatic rings. The lowest BCUT2D eigenvalue weighted by atomic mass is 10.0. The SMILES string of the molecule is O=C(c1noc2c1COc1ccccc1-2)N1CCCC1. The van der Waals surface area contributed by atoms with Gasteiger partial charge in [0.25, 0.3) is 5.91 Å². The number of fused-ring (bicyclic) bond motifs is 3. The maximum absolute atomic E-state index is 12.4. The topological polar surface area (TPSA) is 55.6 Å². The van der Waals surface area contributed by atoms with Gasteiger partial charge in [-0.05, 0) is 25.0 Å². The van der Waals surface area contributed by atoms with Gasteiger partial charge in [0, 0.05) is 13.1 Å². The van der Waals surface area contributed by atoms with E-state index >= 15 is 0 Å². The molecule has 0 spiro atoms. The summed E-state index contributed by atoms with van der Waals surface area (Å²) < 4.78 is 11.1. The first-order valence-electron chi connectivity index (χ1n) is 6.84. The fraction of sp³-hybridized carbons (Fsp3) is 0.333. The number of ether oxygens (including phenoxy) is 1. The molecule has 0 aliphatic carbocycles. The third-order valence-corrected chi connectivity index (χ3v) is 3.89. The van der Waals surface area contributed by atoms with Gasteiger partial charge in [0.05, 0.1) is 11.1 Å². The van der Waals surface area contributed by atoms with Crippen molar-refractivity contribution in [3.8, 4) is 17.1 Å². The molecule has 5 heteroatoms. The third kappa shape index (κ3) is 1.62. The van der Waals surface area contributed by atoms with Gasteiger partial charge in [-0.25, -0.2) is 0 Å². The van der Waals surface area contributed by atoms with Crippen molar-refractivity contribution in [1.82, 2.24) is 10.1 Å². The Balaban J connectivity index is 1.75. The summed E-state index contributed by atoms with van der Waals surface area (Å²) in [7, 11) is 0. The van der Waals surface area contributed by atoms with E-state index in [0.29, 0.717) is 18.1 Å². The molecule has 1 aromatic heterocycles. The smallest absolute Gasteiger partial charge is 0.276 e. The number of carbonyl (C=O) groups is 1. The first kappa shape index (κ1) is 11.5. The summed E-state index contributed by atoms with van der Waals surface area (Å²) in [5.41, 5.74) is 2.03. The van der Waals surface area contributed by atoms with Crippen LogP contribution in [0.4, 0.5) is 0 Å². The minimum atomic E-state index is -0.0459. The van der Waals surface area contributed by atoms with Gasteiger partial charge < -0.3 is 14.2 Å². The molecule has 0 atom stereocenters. The van der Waals surface area contributed by atoms with E-state index < -0.39 is 0 Å². The van der Waals surface area contributed by atoms with Crippen LogP contribution in [0.1, 0.15) is 28.9 Å². The van der Waals surface area contributed by atoms with E-state index in [-0.39, 0.29) is 5.91 Å². The predicted molar refractivity (Wildman–Crippen MR) is 71.4 cm³/mol. The molecule has 102 valence electrons. The maximum Gasteiger partial charge on any atom is 0.276 e. The molecule has 1 saturated heterocycles. The summed E-state index contributed by atoms with van der Waals surface area (Å²) in [6.07, 6.45) is 2.12. The van der Waals surface area contributed by atoms with Gasteiger partial charge >= 0.3 is 0 Å². The highest BCUT2D eigenvalue weighted by molar-refractivity contribution is 5.95. The molecule has 0 N–H and O–H groups in total. The number of likely N-dealkylation sites (tertiary alicyclic amines) is 1. The molecule has 0 saturated carbocycles. The second-order valence-electron chi connectivity index (χ2n) is 5.12. The molecule has 0 bridgehead atoms. The van der Waals surface area contributed by atoms with Gasteiger partial charge in [-0.15, -0.1) is 0 Å². The average molecular weight is 270 g/mol. The van der Waals surface area contributed by atoms with Gasteiger partial charge in [-0.3, -0.25) is 4.79 Å². The van der Waals surface area contributed by atoms with Gasteiger partial charge in [-0.1, -0.05) is 17.3 Å². The molecule has 0 unspecified atom stereocenters. The number of hydrogen-bond donors (Lipinski definition) is 0. The Kier molecular flexibility index (Phi) is 2.52. The first-order valence-corrected chi connectivity index (χ1v) is 6.84. The summed E-state index contributed by atoms with van der Waals surface area (Å²) >= 11 is 0. The zero-order chi connectivity index (χ0) is 13.5. The lowest BCUT2D eigenvalue weighted by Crippen LogP contribution is -2.29. The highest BCUT2D eigenvalue weighted by Crippen LogP contribution is 2.38. The van der Waals surface area contributed by atoms with Gasteiger partial charge in [-0.2, -0.15) is 0 Å². The molecule has 1 fully saturated rings. The highest BCUT2D eigenvalue weighted by Gasteiger charge is 2.31. The second kappa shape index (κ2) is 4.37. The van der Waals surface area contributed by atoms with Crippen LogP contribution in [0.25, 0.3) is 11.3 Å². The average Bonchev–Trinajstić information content (AvgIpc) is 3.16. The molecular formula is C15H14N2O3. The Bertz CT molecular complexity index is 672. The highest BCUT2D eigenvalue weighted by atomic mass is 16.5. The van der Waals surface area contributed by atoms with E-state index in [9.17, 15) is 4.79 Å². The van der Waals surface area contributed by atoms with Crippen molar-refractivity contribution < 1.29 is 14.1 Å². The van der Waals surface area contributed by atoms with Gasteiger partial charge in [0.1, 0.15) is 12.4 Å². The summed E-state index contributed by atoms with van der Waals surface area (Å²) in [5, 5.41) is 3.99. The summed E-state index contributed by atoms with van der Waals surface area (Å²) in [5.74, 6) is 1.39. The first-order chi connectivity index (χ1) is 9.84. The minimum Gasteiger partial charge on any atom is -0.488 e. The quantitative estimate of drug-likeness (QED) is 0.798. The van der Waals surface area contributed by atoms with E-state index in [1.54, 1.807) is 0 Å². The van der Waals surface area contributed by atoms with Crippen LogP contribution in [0.2, 0.25) is 0 Å². The number of nitrogens with zero attached hydrogens (tertiary/aromatic N) is 2. The van der Waals surface area contributed by atoms with Crippen molar-refractivity contribution in [2.24, 2.45) is 0 Å². The molecular weight excluding hydrogens is 256 g/mol. The Hall–Kier alpha value is -2.30. The Labute approximate surface area is 116 Å². The number of carbonyl (C=O) groups excluding carboxylic acids is 1. The molecule has 2 aliphatic heterocycles. The molecule has 1 amide bonds. The largest absolute Gasteiger partial charge is 0.488 e. The molecule has 0 radical (unpaired) electrons. The normalized spacial score (nSPS) is 16.5. The Morgan fingerprint density at radius 1 is 1.20 bits per heavy atom. The fourth-order valence-electron chi connectivity index (χ4n) is 2.82. The van der Waals surface area contributed by atoms with E-state index in [0.717, 1.165) is 42.8 Å². The zero-order valence-electron chi connectivity index (χ0n) is 11.0. The van der Waals surface area contributed by atoms with Crippen molar-refractivity contribution in [3.63, 3.8) is 0 Å². The van der Waals surface area contributed by atoms with E-state index in [2.05, 4.69) is 5.16 Å². The van der Waals surface area contributed by atoms with Crippen LogP contribution in [0, 0.1) is 0 Å². The number of amides is 1. The number of rotatable bonds is 1. The van der Waals surface area contributed by atoms with E-state index in [1.807, 2.05) is 29.2 Å². The monoisotopic (exact) mass is 270 g/mol. The van der Waals surface area contributed by atoms with Crippen LogP contribution in [0.3, 0.4) is 0 Å². The lowest BCUT2D eigenvalue weighted by Gasteiger charge is -2.17. The van der Waals surface area contributed by atoms with E-state index in [1.165, 1.54) is 0 Å². The maximum atomic E-state index is 12.4. The molecule has 4 rings (SSSR count). The third-order valence-electron chi connectivity index (χ3n) is 3.89. The van der Waals surface area contributed by atoms with Crippen LogP contribution in [-0.4, -0.2) is 29.1 Å². The number of aromatic nitrogens is 1.